The Morgan fingerprint density at radius 3 is 2.52 bits per heavy atom. The fourth-order valence-corrected chi connectivity index (χ4v) is 4.32. The highest BCUT2D eigenvalue weighted by Gasteiger charge is 2.42. The van der Waals surface area contributed by atoms with Gasteiger partial charge in [0.15, 0.2) is 0 Å². The van der Waals surface area contributed by atoms with Gasteiger partial charge in [0.05, 0.1) is 4.91 Å². The van der Waals surface area contributed by atoms with Crippen LogP contribution >= 0.6 is 39.9 Å². The Hall–Kier alpha value is -1.90. The lowest BCUT2D eigenvalue weighted by Gasteiger charge is -2.26. The lowest BCUT2D eigenvalue weighted by Crippen LogP contribution is -2.47. The van der Waals surface area contributed by atoms with Crippen LogP contribution in [0.4, 0.5) is 0 Å². The van der Waals surface area contributed by atoms with Crippen LogP contribution in [0, 0.1) is 5.92 Å². The van der Waals surface area contributed by atoms with Gasteiger partial charge in [0.25, 0.3) is 5.91 Å². The number of nitrogens with zero attached hydrogens (tertiary/aromatic N) is 1. The van der Waals surface area contributed by atoms with Crippen molar-refractivity contribution in [1.82, 2.24) is 4.90 Å². The van der Waals surface area contributed by atoms with E-state index in [9.17, 15) is 14.7 Å². The summed E-state index contributed by atoms with van der Waals surface area (Å²) in [6, 6.07) is 10.3. The molecule has 1 aromatic heterocycles. The topological polar surface area (TPSA) is 70.8 Å². The molecular weight excluding hydrogens is 450 g/mol. The predicted molar refractivity (Wildman–Crippen MR) is 113 cm³/mol. The number of carbonyl (C=O) groups is 2. The van der Waals surface area contributed by atoms with E-state index in [1.807, 2.05) is 30.3 Å². The van der Waals surface area contributed by atoms with Crippen LogP contribution < -0.4 is 0 Å². The molecule has 27 heavy (non-hydrogen) atoms. The van der Waals surface area contributed by atoms with Gasteiger partial charge in [-0.1, -0.05) is 65.9 Å². The third-order valence-corrected chi connectivity index (χ3v) is 5.87. The van der Waals surface area contributed by atoms with Gasteiger partial charge in [-0.2, -0.15) is 0 Å². The number of carboxylic acids is 1. The van der Waals surface area contributed by atoms with Crippen LogP contribution in [0.2, 0.25) is 0 Å². The first kappa shape index (κ1) is 19.9. The molecule has 2 aromatic rings. The van der Waals surface area contributed by atoms with Crippen molar-refractivity contribution in [2.75, 3.05) is 0 Å². The summed E-state index contributed by atoms with van der Waals surface area (Å²) in [4.78, 5) is 25.8. The lowest BCUT2D eigenvalue weighted by molar-refractivity contribution is -0.146. The van der Waals surface area contributed by atoms with Crippen LogP contribution in [-0.2, 0) is 9.59 Å². The second-order valence-corrected chi connectivity index (χ2v) is 8.88. The van der Waals surface area contributed by atoms with Crippen molar-refractivity contribution in [2.24, 2.45) is 5.92 Å². The zero-order valence-corrected chi connectivity index (χ0v) is 17.7. The quantitative estimate of drug-likeness (QED) is 0.493. The van der Waals surface area contributed by atoms with Gasteiger partial charge in [0.1, 0.15) is 21.9 Å². The zero-order chi connectivity index (χ0) is 19.7. The molecule has 1 fully saturated rings. The van der Waals surface area contributed by atoms with Crippen LogP contribution in [0.5, 0.6) is 0 Å². The van der Waals surface area contributed by atoms with Crippen molar-refractivity contribution in [3.63, 3.8) is 0 Å². The largest absolute Gasteiger partial charge is 0.480 e. The number of carboxylic acid groups (broad SMARTS) is 1. The average Bonchev–Trinajstić information content (AvgIpc) is 3.16. The minimum absolute atomic E-state index is 0.243. The van der Waals surface area contributed by atoms with E-state index in [1.165, 1.54) is 4.90 Å². The molecule has 2 heterocycles. The maximum absolute atomic E-state index is 12.7. The van der Waals surface area contributed by atoms with Crippen LogP contribution in [0.3, 0.4) is 0 Å². The van der Waals surface area contributed by atoms with Crippen LogP contribution in [-0.4, -0.2) is 32.2 Å². The SMILES string of the molecule is CC(C)[C@@H](C(=O)O)N1C(=O)/C(=C/c2ccc(-c3ccc(Br)cc3)o2)SC1=S. The second-order valence-electron chi connectivity index (χ2n) is 6.29. The highest BCUT2D eigenvalue weighted by Crippen LogP contribution is 2.36. The van der Waals surface area contributed by atoms with Gasteiger partial charge in [-0.25, -0.2) is 4.79 Å². The third-order valence-electron chi connectivity index (χ3n) is 4.02. The molecule has 1 atom stereocenters. The molecule has 1 saturated heterocycles. The van der Waals surface area contributed by atoms with Crippen LogP contribution in [0.1, 0.15) is 19.6 Å². The van der Waals surface area contributed by atoms with E-state index in [0.29, 0.717) is 16.4 Å². The second kappa shape index (κ2) is 8.00. The molecule has 0 bridgehead atoms. The van der Waals surface area contributed by atoms with E-state index in [2.05, 4.69) is 15.9 Å². The van der Waals surface area contributed by atoms with Crippen molar-refractivity contribution in [3.8, 4) is 11.3 Å². The number of aliphatic carboxylic acids is 1. The fourth-order valence-electron chi connectivity index (χ4n) is 2.74. The molecule has 3 rings (SSSR count). The van der Waals surface area contributed by atoms with Gasteiger partial charge in [0, 0.05) is 16.1 Å². The van der Waals surface area contributed by atoms with Gasteiger partial charge in [-0.3, -0.25) is 9.69 Å². The Kier molecular flexibility index (Phi) is 5.88. The summed E-state index contributed by atoms with van der Waals surface area (Å²) in [5.41, 5.74) is 0.913. The zero-order valence-electron chi connectivity index (χ0n) is 14.5. The standard InChI is InChI=1S/C19H16BrNO4S2/c1-10(2)16(18(23)24)21-17(22)15(27-19(21)26)9-13-7-8-14(25-13)11-3-5-12(20)6-4-11/h3-10,16H,1-2H3,(H,23,24)/b15-9-/t16-/m0/s1. The van der Waals surface area contributed by atoms with Crippen molar-refractivity contribution in [3.05, 3.63) is 51.5 Å². The minimum atomic E-state index is -1.07. The molecule has 8 heteroatoms. The van der Waals surface area contributed by atoms with Crippen LogP contribution in [0.25, 0.3) is 17.4 Å². The van der Waals surface area contributed by atoms with Gasteiger partial charge in [-0.15, -0.1) is 0 Å². The fraction of sp³-hybridized carbons (Fsp3) is 0.211. The van der Waals surface area contributed by atoms with Crippen molar-refractivity contribution < 1.29 is 19.1 Å². The Morgan fingerprint density at radius 1 is 1.26 bits per heavy atom. The molecule has 5 nitrogen and oxygen atoms in total. The number of hydrogen-bond donors (Lipinski definition) is 1. The summed E-state index contributed by atoms with van der Waals surface area (Å²) < 4.78 is 7.03. The molecule has 0 radical (unpaired) electrons. The molecule has 1 aliphatic heterocycles. The molecule has 1 amide bonds. The number of hydrogen-bond acceptors (Lipinski definition) is 5. The molecule has 0 saturated carbocycles. The summed E-state index contributed by atoms with van der Waals surface area (Å²) in [5.74, 6) is -0.567. The summed E-state index contributed by atoms with van der Waals surface area (Å²) in [6.45, 7) is 3.50. The van der Waals surface area contributed by atoms with Crippen molar-refractivity contribution >= 4 is 62.2 Å². The maximum Gasteiger partial charge on any atom is 0.327 e. The molecule has 1 N–H and O–H groups in total. The first-order chi connectivity index (χ1) is 12.8. The predicted octanol–water partition coefficient (Wildman–Crippen LogP) is 5.02. The number of rotatable bonds is 5. The molecule has 0 aliphatic carbocycles. The molecule has 140 valence electrons. The molecule has 1 aliphatic rings. The summed E-state index contributed by atoms with van der Waals surface area (Å²) in [7, 11) is 0. The molecule has 0 unspecified atom stereocenters. The van der Waals surface area contributed by atoms with Gasteiger partial charge < -0.3 is 9.52 Å². The van der Waals surface area contributed by atoms with E-state index in [0.717, 1.165) is 21.8 Å². The maximum atomic E-state index is 12.7. The monoisotopic (exact) mass is 465 g/mol. The number of benzene rings is 1. The first-order valence-corrected chi connectivity index (χ1v) is 10.2. The number of carbonyl (C=O) groups excluding carboxylic acids is 1. The Balaban J connectivity index is 1.86. The molecular formula is C19H16BrNO4S2. The van der Waals surface area contributed by atoms with Crippen molar-refractivity contribution in [1.29, 1.82) is 0 Å². The van der Waals surface area contributed by atoms with E-state index in [-0.39, 0.29) is 10.2 Å². The van der Waals surface area contributed by atoms with Gasteiger partial charge in [0.2, 0.25) is 0 Å². The molecule has 0 spiro atoms. The number of halogens is 1. The average molecular weight is 466 g/mol. The summed E-state index contributed by atoms with van der Waals surface area (Å²) >= 11 is 9.73. The highest BCUT2D eigenvalue weighted by atomic mass is 79.9. The summed E-state index contributed by atoms with van der Waals surface area (Å²) in [5, 5.41) is 9.46. The number of thiocarbonyl (C=S) groups is 1. The van der Waals surface area contributed by atoms with E-state index < -0.39 is 17.9 Å². The Labute approximate surface area is 174 Å². The smallest absolute Gasteiger partial charge is 0.327 e. The number of amides is 1. The van der Waals surface area contributed by atoms with E-state index in [4.69, 9.17) is 16.6 Å². The normalized spacial score (nSPS) is 17.2. The summed E-state index contributed by atoms with van der Waals surface area (Å²) in [6.07, 6.45) is 1.60. The van der Waals surface area contributed by atoms with E-state index >= 15 is 0 Å². The van der Waals surface area contributed by atoms with E-state index in [1.54, 1.807) is 26.0 Å². The minimum Gasteiger partial charge on any atom is -0.480 e. The van der Waals surface area contributed by atoms with Gasteiger partial charge >= 0.3 is 5.97 Å². The van der Waals surface area contributed by atoms with Gasteiger partial charge in [-0.05, 0) is 30.2 Å². The highest BCUT2D eigenvalue weighted by molar-refractivity contribution is 9.10. The first-order valence-electron chi connectivity index (χ1n) is 8.13. The lowest BCUT2D eigenvalue weighted by atomic mass is 10.0. The Bertz CT molecular complexity index is 933. The number of furan rings is 1. The van der Waals surface area contributed by atoms with Crippen LogP contribution in [0.15, 0.2) is 50.2 Å². The number of thioether (sulfide) groups is 1. The molecule has 1 aromatic carbocycles. The van der Waals surface area contributed by atoms with Crippen molar-refractivity contribution in [2.45, 2.75) is 19.9 Å². The Morgan fingerprint density at radius 2 is 1.93 bits per heavy atom. The third kappa shape index (κ3) is 4.17.